The van der Waals surface area contributed by atoms with Gasteiger partial charge >= 0.3 is 0 Å². The third kappa shape index (κ3) is 4.85. The van der Waals surface area contributed by atoms with Crippen LogP contribution in [0.5, 0.6) is 0 Å². The van der Waals surface area contributed by atoms with Gasteiger partial charge in [0, 0.05) is 23.6 Å². The van der Waals surface area contributed by atoms with Crippen molar-refractivity contribution in [2.75, 3.05) is 24.5 Å². The molecule has 3 N–H and O–H groups in total. The molecule has 0 atom stereocenters. The molecule has 6 nitrogen and oxygen atoms in total. The normalized spacial score (nSPS) is 21.4. The summed E-state index contributed by atoms with van der Waals surface area (Å²) in [5.41, 5.74) is 7.73. The highest BCUT2D eigenvalue weighted by Crippen LogP contribution is 2.32. The largest absolute Gasteiger partial charge is 0.369 e. The summed E-state index contributed by atoms with van der Waals surface area (Å²) in [5, 5.41) is 0.831. The molecule has 2 aliphatic rings. The Morgan fingerprint density at radius 2 is 1.86 bits per heavy atom. The second-order valence-corrected chi connectivity index (χ2v) is 9.20. The van der Waals surface area contributed by atoms with E-state index in [9.17, 15) is 9.59 Å². The Kier molecular flexibility index (Phi) is 6.25. The lowest BCUT2D eigenvalue weighted by atomic mass is 9.96. The van der Waals surface area contributed by atoms with Gasteiger partial charge in [0.05, 0.1) is 25.3 Å². The first-order valence-electron chi connectivity index (χ1n) is 10.6. The number of nitrogens with one attached hydrogen (secondary N) is 1. The van der Waals surface area contributed by atoms with Crippen molar-refractivity contribution in [2.45, 2.75) is 45.1 Å². The van der Waals surface area contributed by atoms with Crippen LogP contribution in [0.15, 0.2) is 30.3 Å². The minimum absolute atomic E-state index is 0.0417. The zero-order chi connectivity index (χ0) is 20.2. The van der Waals surface area contributed by atoms with Gasteiger partial charge in [0.2, 0.25) is 5.91 Å². The molecule has 2 heterocycles. The molecular weight excluding hydrogens is 384 g/mol. The summed E-state index contributed by atoms with van der Waals surface area (Å²) in [7, 11) is 0. The highest BCUT2D eigenvalue weighted by molar-refractivity contribution is 7.15. The van der Waals surface area contributed by atoms with E-state index in [4.69, 9.17) is 10.7 Å². The number of fused-ring (bicyclic) bond motifs is 1. The van der Waals surface area contributed by atoms with Crippen LogP contribution < -0.4 is 15.5 Å². The number of anilines is 1. The van der Waals surface area contributed by atoms with Gasteiger partial charge in [0.25, 0.3) is 5.91 Å². The molecule has 1 fully saturated rings. The Bertz CT molecular complexity index is 835. The van der Waals surface area contributed by atoms with Gasteiger partial charge in [0.15, 0.2) is 11.7 Å². The highest BCUT2D eigenvalue weighted by Gasteiger charge is 2.30. The van der Waals surface area contributed by atoms with E-state index in [2.05, 4.69) is 12.1 Å². The molecule has 1 aliphatic carbocycles. The maximum Gasteiger partial charge on any atom is 0.284 e. The second kappa shape index (κ2) is 9.05. The standard InChI is InChI=1S/C22H28N4O2S/c23-21(28)17-10-12-25(13-11-17)15-20(27)26(14-16-6-2-1-3-7-16)22-24-18-8-4-5-9-19(18)29-22/h1-3,6-7,17H,4-5,8-15H2,(H2,23,28)/p+1. The maximum atomic E-state index is 13.3. The van der Waals surface area contributed by atoms with Gasteiger partial charge in [-0.15, -0.1) is 11.3 Å². The zero-order valence-electron chi connectivity index (χ0n) is 16.7. The predicted octanol–water partition coefficient (Wildman–Crippen LogP) is 1.34. The van der Waals surface area contributed by atoms with Crippen molar-refractivity contribution in [3.05, 3.63) is 46.5 Å². The van der Waals surface area contributed by atoms with Crippen molar-refractivity contribution >= 4 is 28.3 Å². The molecule has 1 aliphatic heterocycles. The molecule has 1 saturated heterocycles. The first-order valence-corrected chi connectivity index (χ1v) is 11.4. The monoisotopic (exact) mass is 413 g/mol. The van der Waals surface area contributed by atoms with Gasteiger partial charge in [-0.05, 0) is 31.2 Å². The predicted molar refractivity (Wildman–Crippen MR) is 114 cm³/mol. The van der Waals surface area contributed by atoms with Crippen molar-refractivity contribution in [1.29, 1.82) is 0 Å². The Hall–Kier alpha value is -2.25. The number of carbonyl (C=O) groups excluding carboxylic acids is 2. The lowest BCUT2D eigenvalue weighted by molar-refractivity contribution is -0.897. The molecule has 154 valence electrons. The molecule has 29 heavy (non-hydrogen) atoms. The summed E-state index contributed by atoms with van der Waals surface area (Å²) in [5.74, 6) is -0.151. The maximum absolute atomic E-state index is 13.3. The number of likely N-dealkylation sites (tertiary alicyclic amines) is 1. The van der Waals surface area contributed by atoms with Crippen LogP contribution in [-0.2, 0) is 29.0 Å². The molecule has 4 rings (SSSR count). The average molecular weight is 414 g/mol. The minimum atomic E-state index is -0.213. The third-order valence-electron chi connectivity index (χ3n) is 6.05. The Morgan fingerprint density at radius 1 is 1.14 bits per heavy atom. The molecule has 7 heteroatoms. The molecular formula is C22H29N4O2S+. The van der Waals surface area contributed by atoms with E-state index >= 15 is 0 Å². The van der Waals surface area contributed by atoms with Crippen molar-refractivity contribution in [1.82, 2.24) is 4.98 Å². The number of quaternary nitrogens is 1. The zero-order valence-corrected chi connectivity index (χ0v) is 17.5. The van der Waals surface area contributed by atoms with Gasteiger partial charge in [0.1, 0.15) is 0 Å². The quantitative estimate of drug-likeness (QED) is 0.750. The van der Waals surface area contributed by atoms with Crippen LogP contribution in [0.4, 0.5) is 5.13 Å². The number of benzene rings is 1. The lowest BCUT2D eigenvalue weighted by Gasteiger charge is -2.29. The van der Waals surface area contributed by atoms with Gasteiger partial charge in [-0.2, -0.15) is 0 Å². The smallest absolute Gasteiger partial charge is 0.284 e. The number of nitrogens with two attached hydrogens (primary N) is 1. The number of piperidine rings is 1. The number of thiazole rings is 1. The molecule has 2 amide bonds. The number of rotatable bonds is 6. The number of carbonyl (C=O) groups is 2. The molecule has 0 saturated carbocycles. The van der Waals surface area contributed by atoms with Crippen LogP contribution in [0.2, 0.25) is 0 Å². The molecule has 0 radical (unpaired) electrons. The van der Waals surface area contributed by atoms with E-state index in [-0.39, 0.29) is 17.7 Å². The third-order valence-corrected chi connectivity index (χ3v) is 7.23. The second-order valence-electron chi connectivity index (χ2n) is 8.14. The molecule has 2 aromatic rings. The summed E-state index contributed by atoms with van der Waals surface area (Å²) in [6.07, 6.45) is 6.02. The van der Waals surface area contributed by atoms with Crippen LogP contribution in [-0.4, -0.2) is 36.4 Å². The van der Waals surface area contributed by atoms with Crippen LogP contribution in [0, 0.1) is 5.92 Å². The molecule has 0 spiro atoms. The summed E-state index contributed by atoms with van der Waals surface area (Å²) in [4.78, 5) is 34.0. The Morgan fingerprint density at radius 3 is 2.55 bits per heavy atom. The highest BCUT2D eigenvalue weighted by atomic mass is 32.1. The van der Waals surface area contributed by atoms with Crippen LogP contribution in [0.3, 0.4) is 0 Å². The first kappa shape index (κ1) is 20.0. The van der Waals surface area contributed by atoms with Gasteiger partial charge in [-0.1, -0.05) is 30.3 Å². The molecule has 0 unspecified atom stereocenters. The van der Waals surface area contributed by atoms with Crippen LogP contribution in [0.1, 0.15) is 41.8 Å². The summed E-state index contributed by atoms with van der Waals surface area (Å²) < 4.78 is 0. The lowest BCUT2D eigenvalue weighted by Crippen LogP contribution is -3.14. The van der Waals surface area contributed by atoms with Crippen molar-refractivity contribution in [3.8, 4) is 0 Å². The number of hydrogen-bond donors (Lipinski definition) is 2. The molecule has 1 aromatic carbocycles. The number of nitrogens with zero attached hydrogens (tertiary/aromatic N) is 2. The van der Waals surface area contributed by atoms with Crippen LogP contribution >= 0.6 is 11.3 Å². The number of aromatic nitrogens is 1. The summed E-state index contributed by atoms with van der Waals surface area (Å²) >= 11 is 1.68. The Balaban J connectivity index is 1.49. The van der Waals surface area contributed by atoms with E-state index < -0.39 is 0 Å². The number of amides is 2. The fourth-order valence-electron chi connectivity index (χ4n) is 4.28. The van der Waals surface area contributed by atoms with E-state index in [0.717, 1.165) is 49.5 Å². The fraction of sp³-hybridized carbons (Fsp3) is 0.500. The molecule has 1 aromatic heterocycles. The first-order chi connectivity index (χ1) is 14.1. The summed E-state index contributed by atoms with van der Waals surface area (Å²) in [6.45, 7) is 2.60. The van der Waals surface area contributed by atoms with Crippen molar-refractivity contribution < 1.29 is 14.5 Å². The topological polar surface area (TPSA) is 80.7 Å². The number of primary amides is 1. The van der Waals surface area contributed by atoms with Gasteiger partial charge < -0.3 is 10.6 Å². The van der Waals surface area contributed by atoms with E-state index in [0.29, 0.717) is 13.1 Å². The fourth-order valence-corrected chi connectivity index (χ4v) is 5.44. The average Bonchev–Trinajstić information content (AvgIpc) is 3.17. The van der Waals surface area contributed by atoms with Gasteiger partial charge in [-0.25, -0.2) is 4.98 Å². The number of aryl methyl sites for hydroxylation is 2. The van der Waals surface area contributed by atoms with Crippen LogP contribution in [0.25, 0.3) is 0 Å². The Labute approximate surface area is 175 Å². The number of hydrogen-bond acceptors (Lipinski definition) is 4. The van der Waals surface area contributed by atoms with Gasteiger partial charge in [-0.3, -0.25) is 14.5 Å². The molecule has 0 bridgehead atoms. The van der Waals surface area contributed by atoms with E-state index in [1.165, 1.54) is 28.3 Å². The summed E-state index contributed by atoms with van der Waals surface area (Å²) in [6, 6.07) is 10.1. The van der Waals surface area contributed by atoms with E-state index in [1.807, 2.05) is 23.1 Å². The SMILES string of the molecule is NC(=O)C1CC[NH+](CC(=O)N(Cc2ccccc2)c2nc3c(s2)CCCC3)CC1. The van der Waals surface area contributed by atoms with Crippen molar-refractivity contribution in [3.63, 3.8) is 0 Å². The minimum Gasteiger partial charge on any atom is -0.369 e. The van der Waals surface area contributed by atoms with E-state index in [1.54, 1.807) is 11.3 Å². The van der Waals surface area contributed by atoms with Crippen molar-refractivity contribution in [2.24, 2.45) is 11.7 Å².